The molecule has 1 aromatic heterocycles. The number of carbonyl (C=O) groups excluding carboxylic acids is 1. The standard InChI is InChI=1S/C21H24F3N5O/c22-21(23,24)15-4-3-5-16(12-15)29-10-8-28(9-11-29)13-19(30)27-20-17-6-1-2-7-18(17)25-14-26-20/h3-5,12,14H,1-2,6-11,13H2,(H,25,26,27,30). The minimum absolute atomic E-state index is 0.131. The van der Waals surface area contributed by atoms with Gasteiger partial charge >= 0.3 is 6.18 Å². The highest BCUT2D eigenvalue weighted by molar-refractivity contribution is 5.92. The molecule has 1 N–H and O–H groups in total. The molecule has 1 aromatic carbocycles. The molecule has 6 nitrogen and oxygen atoms in total. The Bertz CT molecular complexity index is 910. The van der Waals surface area contributed by atoms with Crippen molar-refractivity contribution in [1.82, 2.24) is 14.9 Å². The molecule has 2 heterocycles. The Morgan fingerprint density at radius 1 is 1.07 bits per heavy atom. The molecule has 0 unspecified atom stereocenters. The number of hydrogen-bond acceptors (Lipinski definition) is 5. The van der Waals surface area contributed by atoms with Crippen molar-refractivity contribution in [3.63, 3.8) is 0 Å². The van der Waals surface area contributed by atoms with E-state index >= 15 is 0 Å². The van der Waals surface area contributed by atoms with Crippen molar-refractivity contribution in [2.24, 2.45) is 0 Å². The number of piperazine rings is 1. The molecular formula is C21H24F3N5O. The molecule has 4 rings (SSSR count). The summed E-state index contributed by atoms with van der Waals surface area (Å²) < 4.78 is 38.8. The Morgan fingerprint density at radius 3 is 2.60 bits per heavy atom. The molecule has 1 fully saturated rings. The number of halogens is 3. The Hall–Kier alpha value is -2.68. The highest BCUT2D eigenvalue weighted by Gasteiger charge is 2.31. The number of carbonyl (C=O) groups is 1. The molecule has 0 saturated carbocycles. The number of alkyl halides is 3. The molecule has 1 aliphatic carbocycles. The monoisotopic (exact) mass is 419 g/mol. The van der Waals surface area contributed by atoms with E-state index < -0.39 is 11.7 Å². The van der Waals surface area contributed by atoms with E-state index in [0.717, 1.165) is 43.0 Å². The maximum Gasteiger partial charge on any atom is 0.416 e. The quantitative estimate of drug-likeness (QED) is 0.825. The first-order chi connectivity index (χ1) is 14.4. The van der Waals surface area contributed by atoms with Crippen LogP contribution >= 0.6 is 0 Å². The average Bonchev–Trinajstić information content (AvgIpc) is 2.74. The van der Waals surface area contributed by atoms with Gasteiger partial charge in [-0.15, -0.1) is 0 Å². The van der Waals surface area contributed by atoms with Crippen LogP contribution in [0, 0.1) is 0 Å². The van der Waals surface area contributed by atoms with Crippen molar-refractivity contribution in [1.29, 1.82) is 0 Å². The summed E-state index contributed by atoms with van der Waals surface area (Å²) in [5, 5.41) is 2.91. The summed E-state index contributed by atoms with van der Waals surface area (Å²) in [4.78, 5) is 25.0. The first-order valence-electron chi connectivity index (χ1n) is 10.2. The van der Waals surface area contributed by atoms with E-state index in [-0.39, 0.29) is 12.5 Å². The second kappa shape index (κ2) is 8.59. The highest BCUT2D eigenvalue weighted by atomic mass is 19.4. The zero-order valence-corrected chi connectivity index (χ0v) is 16.6. The van der Waals surface area contributed by atoms with Gasteiger partial charge in [0.2, 0.25) is 5.91 Å². The lowest BCUT2D eigenvalue weighted by Gasteiger charge is -2.36. The number of aryl methyl sites for hydroxylation is 1. The maximum atomic E-state index is 12.9. The Kier molecular flexibility index (Phi) is 5.90. The van der Waals surface area contributed by atoms with Crippen molar-refractivity contribution in [3.8, 4) is 0 Å². The van der Waals surface area contributed by atoms with Gasteiger partial charge in [0.15, 0.2) is 0 Å². The van der Waals surface area contributed by atoms with Crippen molar-refractivity contribution in [3.05, 3.63) is 47.4 Å². The van der Waals surface area contributed by atoms with Gasteiger partial charge < -0.3 is 10.2 Å². The first-order valence-corrected chi connectivity index (χ1v) is 10.2. The Balaban J connectivity index is 1.32. The van der Waals surface area contributed by atoms with Gasteiger partial charge in [0.1, 0.15) is 12.1 Å². The van der Waals surface area contributed by atoms with Gasteiger partial charge in [-0.1, -0.05) is 6.07 Å². The summed E-state index contributed by atoms with van der Waals surface area (Å²) in [5.74, 6) is 0.473. The largest absolute Gasteiger partial charge is 0.416 e. The van der Waals surface area contributed by atoms with Crippen molar-refractivity contribution >= 4 is 17.4 Å². The van der Waals surface area contributed by atoms with Crippen LogP contribution in [0.4, 0.5) is 24.7 Å². The van der Waals surface area contributed by atoms with Crippen molar-refractivity contribution in [2.45, 2.75) is 31.9 Å². The lowest BCUT2D eigenvalue weighted by molar-refractivity contribution is -0.137. The summed E-state index contributed by atoms with van der Waals surface area (Å²) in [5.41, 5.74) is 1.96. The molecule has 9 heteroatoms. The molecule has 2 aliphatic rings. The lowest BCUT2D eigenvalue weighted by atomic mass is 9.96. The van der Waals surface area contributed by atoms with Crippen LogP contribution in [0.25, 0.3) is 0 Å². The minimum Gasteiger partial charge on any atom is -0.369 e. The third-order valence-electron chi connectivity index (χ3n) is 5.66. The van der Waals surface area contributed by atoms with Crippen molar-refractivity contribution in [2.75, 3.05) is 42.9 Å². The fourth-order valence-corrected chi connectivity index (χ4v) is 4.05. The van der Waals surface area contributed by atoms with E-state index in [9.17, 15) is 18.0 Å². The zero-order chi connectivity index (χ0) is 21.1. The minimum atomic E-state index is -4.35. The van der Waals surface area contributed by atoms with Gasteiger partial charge in [-0.25, -0.2) is 9.97 Å². The van der Waals surface area contributed by atoms with Crippen LogP contribution < -0.4 is 10.2 Å². The predicted molar refractivity (Wildman–Crippen MR) is 107 cm³/mol. The summed E-state index contributed by atoms with van der Waals surface area (Å²) >= 11 is 0. The Labute approximate surface area is 173 Å². The van der Waals surface area contributed by atoms with Crippen LogP contribution in [0.5, 0.6) is 0 Å². The van der Waals surface area contributed by atoms with Crippen LogP contribution in [0.15, 0.2) is 30.6 Å². The molecule has 1 amide bonds. The van der Waals surface area contributed by atoms with Gasteiger partial charge in [0, 0.05) is 43.1 Å². The van der Waals surface area contributed by atoms with E-state index in [2.05, 4.69) is 15.3 Å². The van der Waals surface area contributed by atoms with E-state index in [1.807, 2.05) is 9.80 Å². The number of benzene rings is 1. The molecule has 1 saturated heterocycles. The summed E-state index contributed by atoms with van der Waals surface area (Å²) in [6, 6.07) is 5.38. The third kappa shape index (κ3) is 4.72. The number of anilines is 2. The van der Waals surface area contributed by atoms with Crippen molar-refractivity contribution < 1.29 is 18.0 Å². The van der Waals surface area contributed by atoms with E-state index in [0.29, 0.717) is 37.7 Å². The molecule has 160 valence electrons. The topological polar surface area (TPSA) is 61.4 Å². The lowest BCUT2D eigenvalue weighted by Crippen LogP contribution is -2.48. The second-order valence-electron chi connectivity index (χ2n) is 7.71. The number of amides is 1. The molecule has 2 aromatic rings. The van der Waals surface area contributed by atoms with E-state index in [4.69, 9.17) is 0 Å². The number of aromatic nitrogens is 2. The zero-order valence-electron chi connectivity index (χ0n) is 16.6. The van der Waals surface area contributed by atoms with Gasteiger partial charge in [-0.3, -0.25) is 9.69 Å². The average molecular weight is 419 g/mol. The van der Waals surface area contributed by atoms with Crippen LogP contribution in [0.3, 0.4) is 0 Å². The Morgan fingerprint density at radius 2 is 1.83 bits per heavy atom. The number of nitrogens with one attached hydrogen (secondary N) is 1. The normalized spacial score (nSPS) is 17.5. The third-order valence-corrected chi connectivity index (χ3v) is 5.66. The molecule has 30 heavy (non-hydrogen) atoms. The molecular weight excluding hydrogens is 395 g/mol. The van der Waals surface area contributed by atoms with Gasteiger partial charge in [0.05, 0.1) is 12.1 Å². The van der Waals surface area contributed by atoms with Crippen LogP contribution in [-0.4, -0.2) is 53.5 Å². The van der Waals surface area contributed by atoms with E-state index in [1.165, 1.54) is 18.5 Å². The number of hydrogen-bond donors (Lipinski definition) is 1. The summed E-state index contributed by atoms with van der Waals surface area (Å²) in [6.45, 7) is 2.57. The first kappa shape index (κ1) is 20.6. The molecule has 0 atom stereocenters. The second-order valence-corrected chi connectivity index (χ2v) is 7.71. The molecule has 0 radical (unpaired) electrons. The highest BCUT2D eigenvalue weighted by Crippen LogP contribution is 2.32. The summed E-state index contributed by atoms with van der Waals surface area (Å²) in [7, 11) is 0. The van der Waals surface area contributed by atoms with Crippen LogP contribution in [0.2, 0.25) is 0 Å². The fourth-order valence-electron chi connectivity index (χ4n) is 4.05. The predicted octanol–water partition coefficient (Wildman–Crippen LogP) is 3.13. The summed E-state index contributed by atoms with van der Waals surface area (Å²) in [6.07, 6.45) is 1.11. The van der Waals surface area contributed by atoms with Crippen LogP contribution in [-0.2, 0) is 23.8 Å². The smallest absolute Gasteiger partial charge is 0.369 e. The maximum absolute atomic E-state index is 12.9. The van der Waals surface area contributed by atoms with Gasteiger partial charge in [0.25, 0.3) is 0 Å². The van der Waals surface area contributed by atoms with Crippen LogP contribution in [0.1, 0.15) is 29.7 Å². The molecule has 0 bridgehead atoms. The van der Waals surface area contributed by atoms with E-state index in [1.54, 1.807) is 6.07 Å². The number of nitrogens with zero attached hydrogens (tertiary/aromatic N) is 4. The van der Waals surface area contributed by atoms with Gasteiger partial charge in [-0.05, 0) is 43.9 Å². The number of fused-ring (bicyclic) bond motifs is 1. The number of rotatable bonds is 4. The SMILES string of the molecule is O=C(CN1CCN(c2cccc(C(F)(F)F)c2)CC1)Nc1ncnc2c1CCCC2. The molecule has 1 aliphatic heterocycles. The fraction of sp³-hybridized carbons (Fsp3) is 0.476. The molecule has 0 spiro atoms. The van der Waals surface area contributed by atoms with Gasteiger partial charge in [-0.2, -0.15) is 13.2 Å².